The SMILES string of the molecule is CCc1cnc(C(C)Nc2ncccc2[N+](=O)[O-])s1. The molecule has 0 aliphatic rings. The molecular formula is C12H14N4O2S. The first-order valence-electron chi connectivity index (χ1n) is 5.92. The molecule has 2 aromatic heterocycles. The fourth-order valence-electron chi connectivity index (χ4n) is 1.61. The first kappa shape index (κ1) is 13.4. The number of hydrogen-bond acceptors (Lipinski definition) is 6. The van der Waals surface area contributed by atoms with E-state index >= 15 is 0 Å². The van der Waals surface area contributed by atoms with Gasteiger partial charge in [0, 0.05) is 23.3 Å². The first-order valence-corrected chi connectivity index (χ1v) is 6.74. The summed E-state index contributed by atoms with van der Waals surface area (Å²) in [5.41, 5.74) is -0.0263. The van der Waals surface area contributed by atoms with Gasteiger partial charge in [0.15, 0.2) is 0 Å². The normalized spacial score (nSPS) is 12.1. The zero-order valence-corrected chi connectivity index (χ0v) is 11.5. The quantitative estimate of drug-likeness (QED) is 0.671. The molecule has 0 aliphatic carbocycles. The molecule has 2 heterocycles. The minimum atomic E-state index is -0.443. The molecule has 0 fully saturated rings. The lowest BCUT2D eigenvalue weighted by molar-refractivity contribution is -0.384. The molecule has 1 atom stereocenters. The molecule has 0 saturated carbocycles. The van der Waals surface area contributed by atoms with Crippen molar-refractivity contribution in [3.05, 3.63) is 44.5 Å². The van der Waals surface area contributed by atoms with Gasteiger partial charge in [-0.05, 0) is 19.4 Å². The summed E-state index contributed by atoms with van der Waals surface area (Å²) in [6, 6.07) is 2.87. The van der Waals surface area contributed by atoms with Gasteiger partial charge >= 0.3 is 5.69 Å². The van der Waals surface area contributed by atoms with Gasteiger partial charge in [0.05, 0.1) is 11.0 Å². The second-order valence-electron chi connectivity index (χ2n) is 4.01. The van der Waals surface area contributed by atoms with Gasteiger partial charge in [-0.15, -0.1) is 11.3 Å². The fourth-order valence-corrected chi connectivity index (χ4v) is 2.47. The molecule has 0 saturated heterocycles. The number of rotatable bonds is 5. The highest BCUT2D eigenvalue weighted by molar-refractivity contribution is 7.11. The predicted octanol–water partition coefficient (Wildman–Crippen LogP) is 3.18. The second kappa shape index (κ2) is 5.75. The maximum absolute atomic E-state index is 10.9. The summed E-state index contributed by atoms with van der Waals surface area (Å²) < 4.78 is 0. The fraction of sp³-hybridized carbons (Fsp3) is 0.333. The Balaban J connectivity index is 2.19. The van der Waals surface area contributed by atoms with Crippen LogP contribution in [0.25, 0.3) is 0 Å². The molecule has 1 unspecified atom stereocenters. The van der Waals surface area contributed by atoms with Crippen molar-refractivity contribution in [2.24, 2.45) is 0 Å². The van der Waals surface area contributed by atoms with Crippen LogP contribution in [0.4, 0.5) is 11.5 Å². The standard InChI is InChI=1S/C12H14N4O2S/c1-3-9-7-14-12(19-9)8(2)15-11-10(16(17)18)5-4-6-13-11/h4-8H,3H2,1-2H3,(H,13,15). The lowest BCUT2D eigenvalue weighted by Crippen LogP contribution is -2.09. The lowest BCUT2D eigenvalue weighted by Gasteiger charge is -2.11. The second-order valence-corrected chi connectivity index (χ2v) is 5.16. The molecule has 0 aromatic carbocycles. The van der Waals surface area contributed by atoms with Crippen molar-refractivity contribution in [3.63, 3.8) is 0 Å². The third kappa shape index (κ3) is 3.05. The largest absolute Gasteiger partial charge is 0.355 e. The van der Waals surface area contributed by atoms with Gasteiger partial charge in [0.25, 0.3) is 0 Å². The predicted molar refractivity (Wildman–Crippen MR) is 74.4 cm³/mol. The van der Waals surface area contributed by atoms with E-state index in [4.69, 9.17) is 0 Å². The molecule has 0 aliphatic heterocycles. The van der Waals surface area contributed by atoms with Gasteiger partial charge in [-0.2, -0.15) is 0 Å². The van der Waals surface area contributed by atoms with Crippen molar-refractivity contribution < 1.29 is 4.92 Å². The van der Waals surface area contributed by atoms with Crippen molar-refractivity contribution in [3.8, 4) is 0 Å². The van der Waals surface area contributed by atoms with Crippen molar-refractivity contribution >= 4 is 22.8 Å². The van der Waals surface area contributed by atoms with Crippen LogP contribution in [0.3, 0.4) is 0 Å². The molecule has 2 aromatic rings. The van der Waals surface area contributed by atoms with Crippen molar-refractivity contribution in [2.45, 2.75) is 26.3 Å². The highest BCUT2D eigenvalue weighted by Crippen LogP contribution is 2.27. The number of nitrogens with one attached hydrogen (secondary N) is 1. The van der Waals surface area contributed by atoms with E-state index in [1.807, 2.05) is 13.1 Å². The van der Waals surface area contributed by atoms with Crippen molar-refractivity contribution in [1.82, 2.24) is 9.97 Å². The third-order valence-electron chi connectivity index (χ3n) is 2.63. The summed E-state index contributed by atoms with van der Waals surface area (Å²) in [6.45, 7) is 3.98. The van der Waals surface area contributed by atoms with E-state index in [-0.39, 0.29) is 17.5 Å². The number of aryl methyl sites for hydroxylation is 1. The van der Waals surface area contributed by atoms with Crippen LogP contribution in [-0.4, -0.2) is 14.9 Å². The molecule has 0 bridgehead atoms. The molecule has 6 nitrogen and oxygen atoms in total. The smallest absolute Gasteiger partial charge is 0.311 e. The van der Waals surface area contributed by atoms with E-state index in [2.05, 4.69) is 22.2 Å². The van der Waals surface area contributed by atoms with E-state index in [0.717, 1.165) is 11.4 Å². The van der Waals surface area contributed by atoms with Gasteiger partial charge in [-0.1, -0.05) is 6.92 Å². The number of nitro groups is 1. The van der Waals surface area contributed by atoms with E-state index < -0.39 is 4.92 Å². The van der Waals surface area contributed by atoms with Crippen molar-refractivity contribution in [1.29, 1.82) is 0 Å². The van der Waals surface area contributed by atoms with Gasteiger partial charge in [-0.25, -0.2) is 9.97 Å². The van der Waals surface area contributed by atoms with E-state index in [1.54, 1.807) is 17.4 Å². The van der Waals surface area contributed by atoms with Crippen molar-refractivity contribution in [2.75, 3.05) is 5.32 Å². The molecule has 2 rings (SSSR count). The zero-order valence-electron chi connectivity index (χ0n) is 10.7. The van der Waals surface area contributed by atoms with E-state index in [0.29, 0.717) is 0 Å². The van der Waals surface area contributed by atoms with Crippen LogP contribution >= 0.6 is 11.3 Å². The van der Waals surface area contributed by atoms with Crippen LogP contribution in [0.5, 0.6) is 0 Å². The molecule has 0 radical (unpaired) electrons. The van der Waals surface area contributed by atoms with Gasteiger partial charge in [-0.3, -0.25) is 10.1 Å². The van der Waals surface area contributed by atoms with Crippen LogP contribution in [-0.2, 0) is 6.42 Å². The maximum atomic E-state index is 10.9. The summed E-state index contributed by atoms with van der Waals surface area (Å²) >= 11 is 1.60. The highest BCUT2D eigenvalue weighted by atomic mass is 32.1. The average molecular weight is 278 g/mol. The molecule has 0 amide bonds. The van der Waals surface area contributed by atoms with Crippen LogP contribution in [0.1, 0.15) is 29.8 Å². The Morgan fingerprint density at radius 2 is 2.32 bits per heavy atom. The zero-order chi connectivity index (χ0) is 13.8. The Bertz CT molecular complexity index is 585. The number of hydrogen-bond donors (Lipinski definition) is 1. The van der Waals surface area contributed by atoms with Gasteiger partial charge in [0.1, 0.15) is 5.01 Å². The number of thiazole rings is 1. The summed E-state index contributed by atoms with van der Waals surface area (Å²) in [4.78, 5) is 20.0. The molecule has 7 heteroatoms. The van der Waals surface area contributed by atoms with Crippen LogP contribution in [0, 0.1) is 10.1 Å². The molecule has 100 valence electrons. The average Bonchev–Trinajstić information content (AvgIpc) is 2.88. The number of aromatic nitrogens is 2. The highest BCUT2D eigenvalue weighted by Gasteiger charge is 2.18. The lowest BCUT2D eigenvalue weighted by atomic mass is 10.3. The Morgan fingerprint density at radius 1 is 1.53 bits per heavy atom. The Morgan fingerprint density at radius 3 is 2.95 bits per heavy atom. The number of pyridine rings is 1. The van der Waals surface area contributed by atoms with Crippen LogP contribution in [0.2, 0.25) is 0 Å². The molecule has 19 heavy (non-hydrogen) atoms. The number of anilines is 1. The van der Waals surface area contributed by atoms with Crippen LogP contribution < -0.4 is 5.32 Å². The summed E-state index contributed by atoms with van der Waals surface area (Å²) in [6.07, 6.45) is 4.31. The topological polar surface area (TPSA) is 81.0 Å². The molecular weight excluding hydrogens is 264 g/mol. The summed E-state index contributed by atoms with van der Waals surface area (Å²) in [5, 5.41) is 14.8. The van der Waals surface area contributed by atoms with E-state index in [9.17, 15) is 10.1 Å². The summed E-state index contributed by atoms with van der Waals surface area (Å²) in [7, 11) is 0. The number of nitrogens with zero attached hydrogens (tertiary/aromatic N) is 3. The maximum Gasteiger partial charge on any atom is 0.311 e. The Labute approximate surface area is 114 Å². The molecule has 1 N–H and O–H groups in total. The summed E-state index contributed by atoms with van der Waals surface area (Å²) in [5.74, 6) is 0.272. The van der Waals surface area contributed by atoms with Gasteiger partial charge in [0.2, 0.25) is 5.82 Å². The first-order chi connectivity index (χ1) is 9.11. The Hall–Kier alpha value is -2.02. The van der Waals surface area contributed by atoms with E-state index in [1.165, 1.54) is 17.1 Å². The molecule has 0 spiro atoms. The Kier molecular flexibility index (Phi) is 4.06. The van der Waals surface area contributed by atoms with Crippen LogP contribution in [0.15, 0.2) is 24.5 Å². The minimum absolute atomic E-state index is 0.0263. The minimum Gasteiger partial charge on any atom is -0.355 e. The third-order valence-corrected chi connectivity index (χ3v) is 3.95. The monoisotopic (exact) mass is 278 g/mol. The van der Waals surface area contributed by atoms with Gasteiger partial charge < -0.3 is 5.32 Å².